The van der Waals surface area contributed by atoms with Crippen LogP contribution in [0.15, 0.2) is 24.5 Å². The molecule has 2 atom stereocenters. The first-order valence-corrected chi connectivity index (χ1v) is 4.91. The molecule has 1 heterocycles. The van der Waals surface area contributed by atoms with Crippen molar-refractivity contribution in [2.24, 2.45) is 11.7 Å². The molecule has 0 fully saturated rings. The third kappa shape index (κ3) is 2.81. The minimum Gasteiger partial charge on any atom is -0.324 e. The van der Waals surface area contributed by atoms with Gasteiger partial charge in [-0.2, -0.15) is 0 Å². The lowest BCUT2D eigenvalue weighted by Gasteiger charge is -2.19. The standard InChI is InChI=1S/C11H18N2/c1-3-4-9(2)11(12)10-5-7-13-8-6-10/h5-9,11H,3-4,12H2,1-2H3. The zero-order chi connectivity index (χ0) is 9.68. The molecule has 72 valence electrons. The van der Waals surface area contributed by atoms with Gasteiger partial charge >= 0.3 is 0 Å². The van der Waals surface area contributed by atoms with Crippen LogP contribution in [0.4, 0.5) is 0 Å². The van der Waals surface area contributed by atoms with Crippen LogP contribution in [0.25, 0.3) is 0 Å². The Kier molecular flexibility index (Phi) is 3.90. The van der Waals surface area contributed by atoms with Gasteiger partial charge in [-0.25, -0.2) is 0 Å². The van der Waals surface area contributed by atoms with E-state index in [9.17, 15) is 0 Å². The van der Waals surface area contributed by atoms with Crippen molar-refractivity contribution < 1.29 is 0 Å². The number of hydrogen-bond donors (Lipinski definition) is 1. The number of hydrogen-bond acceptors (Lipinski definition) is 2. The fourth-order valence-electron chi connectivity index (χ4n) is 1.55. The molecule has 1 aromatic rings. The van der Waals surface area contributed by atoms with Crippen LogP contribution in [0.1, 0.15) is 38.3 Å². The van der Waals surface area contributed by atoms with Crippen molar-refractivity contribution in [2.45, 2.75) is 32.7 Å². The summed E-state index contributed by atoms with van der Waals surface area (Å²) in [4.78, 5) is 3.98. The second-order valence-corrected chi connectivity index (χ2v) is 3.57. The van der Waals surface area contributed by atoms with Crippen molar-refractivity contribution in [1.82, 2.24) is 4.98 Å². The highest BCUT2D eigenvalue weighted by molar-refractivity contribution is 5.14. The SMILES string of the molecule is CCCC(C)C(N)c1ccncc1. The maximum Gasteiger partial charge on any atom is 0.0321 e. The number of nitrogens with two attached hydrogens (primary N) is 1. The molecule has 0 aromatic carbocycles. The highest BCUT2D eigenvalue weighted by Gasteiger charge is 2.12. The summed E-state index contributed by atoms with van der Waals surface area (Å²) in [6.45, 7) is 4.39. The third-order valence-electron chi connectivity index (χ3n) is 2.45. The summed E-state index contributed by atoms with van der Waals surface area (Å²) >= 11 is 0. The van der Waals surface area contributed by atoms with Crippen molar-refractivity contribution in [3.05, 3.63) is 30.1 Å². The lowest BCUT2D eigenvalue weighted by atomic mass is 9.92. The smallest absolute Gasteiger partial charge is 0.0321 e. The van der Waals surface area contributed by atoms with Gasteiger partial charge in [-0.15, -0.1) is 0 Å². The molecule has 0 aliphatic carbocycles. The quantitative estimate of drug-likeness (QED) is 0.769. The molecule has 0 bridgehead atoms. The Morgan fingerprint density at radius 2 is 2.00 bits per heavy atom. The second-order valence-electron chi connectivity index (χ2n) is 3.57. The van der Waals surface area contributed by atoms with Gasteiger partial charge in [0.2, 0.25) is 0 Å². The van der Waals surface area contributed by atoms with Gasteiger partial charge in [-0.3, -0.25) is 4.98 Å². The zero-order valence-corrected chi connectivity index (χ0v) is 8.40. The summed E-state index contributed by atoms with van der Waals surface area (Å²) in [5.74, 6) is 0.549. The first kappa shape index (κ1) is 10.2. The van der Waals surface area contributed by atoms with Crippen molar-refractivity contribution >= 4 is 0 Å². The fourth-order valence-corrected chi connectivity index (χ4v) is 1.55. The number of rotatable bonds is 4. The normalized spacial score (nSPS) is 15.3. The number of aromatic nitrogens is 1. The minimum atomic E-state index is 0.156. The Hall–Kier alpha value is -0.890. The molecule has 13 heavy (non-hydrogen) atoms. The van der Waals surface area contributed by atoms with E-state index in [1.165, 1.54) is 18.4 Å². The maximum absolute atomic E-state index is 6.10. The maximum atomic E-state index is 6.10. The van der Waals surface area contributed by atoms with Crippen LogP contribution < -0.4 is 5.73 Å². The van der Waals surface area contributed by atoms with Crippen LogP contribution in [-0.2, 0) is 0 Å². The monoisotopic (exact) mass is 178 g/mol. The van der Waals surface area contributed by atoms with Gasteiger partial charge in [0.05, 0.1) is 0 Å². The summed E-state index contributed by atoms with van der Waals surface area (Å²) in [6.07, 6.45) is 5.98. The van der Waals surface area contributed by atoms with Crippen LogP contribution in [-0.4, -0.2) is 4.98 Å². The molecule has 2 N–H and O–H groups in total. The van der Waals surface area contributed by atoms with Crippen molar-refractivity contribution in [1.29, 1.82) is 0 Å². The molecule has 0 spiro atoms. The van der Waals surface area contributed by atoms with Gasteiger partial charge < -0.3 is 5.73 Å². The molecule has 0 aliphatic heterocycles. The van der Waals surface area contributed by atoms with Gasteiger partial charge in [0.15, 0.2) is 0 Å². The largest absolute Gasteiger partial charge is 0.324 e. The Bertz CT molecular complexity index is 233. The fraction of sp³-hybridized carbons (Fsp3) is 0.545. The molecule has 0 amide bonds. The van der Waals surface area contributed by atoms with Crippen molar-refractivity contribution in [3.8, 4) is 0 Å². The van der Waals surface area contributed by atoms with Gasteiger partial charge in [0.1, 0.15) is 0 Å². The lowest BCUT2D eigenvalue weighted by Crippen LogP contribution is -2.18. The molecule has 2 heteroatoms. The molecular weight excluding hydrogens is 160 g/mol. The average molecular weight is 178 g/mol. The number of pyridine rings is 1. The van der Waals surface area contributed by atoms with E-state index in [4.69, 9.17) is 5.73 Å². The highest BCUT2D eigenvalue weighted by Crippen LogP contribution is 2.21. The first-order valence-electron chi connectivity index (χ1n) is 4.91. The molecule has 2 unspecified atom stereocenters. The van der Waals surface area contributed by atoms with E-state index in [1.54, 1.807) is 12.4 Å². The van der Waals surface area contributed by atoms with Gasteiger partial charge in [-0.05, 0) is 30.0 Å². The molecule has 0 aliphatic rings. The second kappa shape index (κ2) is 4.97. The Labute approximate surface area is 80.2 Å². The third-order valence-corrected chi connectivity index (χ3v) is 2.45. The van der Waals surface area contributed by atoms with Crippen LogP contribution in [0.5, 0.6) is 0 Å². The van der Waals surface area contributed by atoms with E-state index in [2.05, 4.69) is 18.8 Å². The lowest BCUT2D eigenvalue weighted by molar-refractivity contribution is 0.433. The average Bonchev–Trinajstić information content (AvgIpc) is 2.18. The predicted molar refractivity (Wildman–Crippen MR) is 55.2 cm³/mol. The molecule has 0 saturated heterocycles. The van der Waals surface area contributed by atoms with E-state index in [0.29, 0.717) is 5.92 Å². The van der Waals surface area contributed by atoms with E-state index in [-0.39, 0.29) is 6.04 Å². The van der Waals surface area contributed by atoms with E-state index < -0.39 is 0 Å². The highest BCUT2D eigenvalue weighted by atomic mass is 14.7. The van der Waals surface area contributed by atoms with Gasteiger partial charge in [-0.1, -0.05) is 20.3 Å². The van der Waals surface area contributed by atoms with Crippen LogP contribution in [0.3, 0.4) is 0 Å². The molecule has 2 nitrogen and oxygen atoms in total. The van der Waals surface area contributed by atoms with Gasteiger partial charge in [0, 0.05) is 18.4 Å². The summed E-state index contributed by atoms with van der Waals surface area (Å²) in [5, 5.41) is 0. The Balaban J connectivity index is 2.62. The van der Waals surface area contributed by atoms with Crippen LogP contribution >= 0.6 is 0 Å². The van der Waals surface area contributed by atoms with E-state index in [1.807, 2.05) is 12.1 Å². The van der Waals surface area contributed by atoms with Crippen molar-refractivity contribution in [3.63, 3.8) is 0 Å². The molecule has 1 aromatic heterocycles. The summed E-state index contributed by atoms with van der Waals surface area (Å²) in [5.41, 5.74) is 7.29. The van der Waals surface area contributed by atoms with E-state index >= 15 is 0 Å². The molecule has 0 saturated carbocycles. The summed E-state index contributed by atoms with van der Waals surface area (Å²) < 4.78 is 0. The predicted octanol–water partition coefficient (Wildman–Crippen LogP) is 2.52. The van der Waals surface area contributed by atoms with E-state index in [0.717, 1.165) is 0 Å². The van der Waals surface area contributed by atoms with Crippen LogP contribution in [0.2, 0.25) is 0 Å². The minimum absolute atomic E-state index is 0.156. The van der Waals surface area contributed by atoms with Crippen molar-refractivity contribution in [2.75, 3.05) is 0 Å². The summed E-state index contributed by atoms with van der Waals surface area (Å²) in [6, 6.07) is 4.15. The molecular formula is C11H18N2. The van der Waals surface area contributed by atoms with Gasteiger partial charge in [0.25, 0.3) is 0 Å². The zero-order valence-electron chi connectivity index (χ0n) is 8.40. The molecule has 1 rings (SSSR count). The number of nitrogens with zero attached hydrogens (tertiary/aromatic N) is 1. The topological polar surface area (TPSA) is 38.9 Å². The van der Waals surface area contributed by atoms with Crippen LogP contribution in [0, 0.1) is 5.92 Å². The first-order chi connectivity index (χ1) is 6.25. The Morgan fingerprint density at radius 3 is 2.54 bits per heavy atom. The molecule has 0 radical (unpaired) electrons. The summed E-state index contributed by atoms with van der Waals surface area (Å²) in [7, 11) is 0. The Morgan fingerprint density at radius 1 is 1.38 bits per heavy atom.